The Hall–Kier alpha value is -2.11. The molecule has 5 nitrogen and oxygen atoms in total. The lowest BCUT2D eigenvalue weighted by Gasteiger charge is -2.19. The van der Waals surface area contributed by atoms with Crippen LogP contribution in [0.3, 0.4) is 0 Å². The highest BCUT2D eigenvalue weighted by molar-refractivity contribution is 5.91. The van der Waals surface area contributed by atoms with Gasteiger partial charge in [-0.2, -0.15) is 0 Å². The van der Waals surface area contributed by atoms with Gasteiger partial charge >= 0.3 is 12.0 Å². The molecule has 6 heteroatoms. The van der Waals surface area contributed by atoms with Crippen molar-refractivity contribution in [2.45, 2.75) is 6.92 Å². The fourth-order valence-electron chi connectivity index (χ4n) is 1.28. The number of amides is 2. The fraction of sp³-hybridized carbons (Fsp3) is 0.333. The SMILES string of the molecule is CCN(CC(=O)OC)C(=O)Nc1ccc(F)cc1. The fourth-order valence-corrected chi connectivity index (χ4v) is 1.28. The number of likely N-dealkylation sites (N-methyl/N-ethyl adjacent to an activating group) is 1. The molecule has 0 aromatic heterocycles. The number of carbonyl (C=O) groups excluding carboxylic acids is 2. The summed E-state index contributed by atoms with van der Waals surface area (Å²) in [5.74, 6) is -0.874. The summed E-state index contributed by atoms with van der Waals surface area (Å²) in [4.78, 5) is 24.2. The molecule has 1 N–H and O–H groups in total. The Morgan fingerprint density at radius 3 is 2.44 bits per heavy atom. The van der Waals surface area contributed by atoms with Gasteiger partial charge in [0.1, 0.15) is 12.4 Å². The number of urea groups is 1. The second-order valence-corrected chi connectivity index (χ2v) is 3.53. The molecular weight excluding hydrogens is 239 g/mol. The van der Waals surface area contributed by atoms with Crippen molar-refractivity contribution >= 4 is 17.7 Å². The van der Waals surface area contributed by atoms with Crippen molar-refractivity contribution in [3.05, 3.63) is 30.1 Å². The van der Waals surface area contributed by atoms with Crippen molar-refractivity contribution in [3.8, 4) is 0 Å². The van der Waals surface area contributed by atoms with Gasteiger partial charge in [-0.15, -0.1) is 0 Å². The molecule has 0 bridgehead atoms. The average Bonchev–Trinajstić information content (AvgIpc) is 2.38. The quantitative estimate of drug-likeness (QED) is 0.834. The predicted octanol–water partition coefficient (Wildman–Crippen LogP) is 1.85. The molecule has 18 heavy (non-hydrogen) atoms. The van der Waals surface area contributed by atoms with Gasteiger partial charge in [-0.05, 0) is 31.2 Å². The lowest BCUT2D eigenvalue weighted by molar-refractivity contribution is -0.141. The van der Waals surface area contributed by atoms with Crippen LogP contribution in [-0.2, 0) is 9.53 Å². The van der Waals surface area contributed by atoms with Crippen LogP contribution < -0.4 is 5.32 Å². The highest BCUT2D eigenvalue weighted by Gasteiger charge is 2.15. The van der Waals surface area contributed by atoms with Crippen LogP contribution in [0.1, 0.15) is 6.92 Å². The number of hydrogen-bond donors (Lipinski definition) is 1. The van der Waals surface area contributed by atoms with E-state index in [0.29, 0.717) is 12.2 Å². The number of rotatable bonds is 4. The van der Waals surface area contributed by atoms with Gasteiger partial charge in [0.05, 0.1) is 7.11 Å². The summed E-state index contributed by atoms with van der Waals surface area (Å²) < 4.78 is 17.2. The van der Waals surface area contributed by atoms with E-state index < -0.39 is 12.0 Å². The number of ether oxygens (including phenoxy) is 1. The Kier molecular flexibility index (Phi) is 5.10. The van der Waals surface area contributed by atoms with E-state index in [9.17, 15) is 14.0 Å². The van der Waals surface area contributed by atoms with Crippen LogP contribution in [0, 0.1) is 5.82 Å². The van der Waals surface area contributed by atoms with Crippen molar-refractivity contribution in [2.75, 3.05) is 25.5 Å². The molecule has 0 saturated heterocycles. The maximum Gasteiger partial charge on any atom is 0.325 e. The first-order chi connectivity index (χ1) is 8.56. The summed E-state index contributed by atoms with van der Waals surface area (Å²) in [5, 5.41) is 2.56. The maximum absolute atomic E-state index is 12.7. The number of carbonyl (C=O) groups is 2. The lowest BCUT2D eigenvalue weighted by atomic mass is 10.3. The van der Waals surface area contributed by atoms with Crippen LogP contribution in [0.4, 0.5) is 14.9 Å². The van der Waals surface area contributed by atoms with E-state index in [-0.39, 0.29) is 12.4 Å². The highest BCUT2D eigenvalue weighted by Crippen LogP contribution is 2.09. The Morgan fingerprint density at radius 1 is 1.33 bits per heavy atom. The Balaban J connectivity index is 2.62. The number of benzene rings is 1. The minimum atomic E-state index is -0.494. The lowest BCUT2D eigenvalue weighted by Crippen LogP contribution is -2.38. The van der Waals surface area contributed by atoms with Gasteiger partial charge in [-0.3, -0.25) is 4.79 Å². The molecule has 1 aromatic rings. The summed E-state index contributed by atoms with van der Waals surface area (Å²) in [6.07, 6.45) is 0. The Bertz CT molecular complexity index is 420. The van der Waals surface area contributed by atoms with Crippen molar-refractivity contribution in [3.63, 3.8) is 0 Å². The van der Waals surface area contributed by atoms with Crippen LogP contribution in [0.15, 0.2) is 24.3 Å². The van der Waals surface area contributed by atoms with Crippen molar-refractivity contribution in [2.24, 2.45) is 0 Å². The van der Waals surface area contributed by atoms with Gasteiger partial charge in [-0.1, -0.05) is 0 Å². The number of nitrogens with zero attached hydrogens (tertiary/aromatic N) is 1. The first-order valence-corrected chi connectivity index (χ1v) is 5.45. The summed E-state index contributed by atoms with van der Waals surface area (Å²) in [5.41, 5.74) is 0.463. The van der Waals surface area contributed by atoms with E-state index in [1.54, 1.807) is 6.92 Å². The largest absolute Gasteiger partial charge is 0.468 e. The number of esters is 1. The normalized spacial score (nSPS) is 9.72. The Labute approximate surface area is 105 Å². The monoisotopic (exact) mass is 254 g/mol. The smallest absolute Gasteiger partial charge is 0.325 e. The molecule has 1 rings (SSSR count). The van der Waals surface area contributed by atoms with Gasteiger partial charge in [0.15, 0.2) is 0 Å². The first kappa shape index (κ1) is 14.0. The zero-order valence-electron chi connectivity index (χ0n) is 10.3. The van der Waals surface area contributed by atoms with Gasteiger partial charge in [0, 0.05) is 12.2 Å². The molecule has 0 heterocycles. The Morgan fingerprint density at radius 2 is 1.94 bits per heavy atom. The molecule has 0 saturated carbocycles. The minimum absolute atomic E-state index is 0.125. The molecule has 0 fully saturated rings. The molecule has 0 atom stereocenters. The number of methoxy groups -OCH3 is 1. The standard InChI is InChI=1S/C12H15FN2O3/c1-3-15(8-11(16)18-2)12(17)14-10-6-4-9(13)5-7-10/h4-7H,3,8H2,1-2H3,(H,14,17). The molecule has 1 aromatic carbocycles. The molecule has 0 unspecified atom stereocenters. The topological polar surface area (TPSA) is 58.6 Å². The van der Waals surface area contributed by atoms with E-state index in [2.05, 4.69) is 10.1 Å². The summed E-state index contributed by atoms with van der Waals surface area (Å²) in [7, 11) is 1.26. The van der Waals surface area contributed by atoms with Crippen LogP contribution >= 0.6 is 0 Å². The minimum Gasteiger partial charge on any atom is -0.468 e. The summed E-state index contributed by atoms with van der Waals surface area (Å²) >= 11 is 0. The third-order valence-electron chi connectivity index (χ3n) is 2.31. The molecule has 0 aliphatic rings. The summed E-state index contributed by atoms with van der Waals surface area (Å²) in [6.45, 7) is 1.98. The van der Waals surface area contributed by atoms with E-state index in [1.165, 1.54) is 36.3 Å². The second-order valence-electron chi connectivity index (χ2n) is 3.53. The number of halogens is 1. The molecular formula is C12H15FN2O3. The van der Waals surface area contributed by atoms with Gasteiger partial charge in [-0.25, -0.2) is 9.18 Å². The zero-order valence-corrected chi connectivity index (χ0v) is 10.3. The number of nitrogens with one attached hydrogen (secondary N) is 1. The zero-order chi connectivity index (χ0) is 13.5. The summed E-state index contributed by atoms with van der Waals surface area (Å²) in [6, 6.07) is 4.94. The van der Waals surface area contributed by atoms with Crippen LogP contribution in [0.2, 0.25) is 0 Å². The first-order valence-electron chi connectivity index (χ1n) is 5.45. The second kappa shape index (κ2) is 6.58. The molecule has 0 aliphatic heterocycles. The third kappa shape index (κ3) is 4.04. The van der Waals surface area contributed by atoms with Gasteiger partial charge in [0.2, 0.25) is 0 Å². The number of hydrogen-bond acceptors (Lipinski definition) is 3. The van der Waals surface area contributed by atoms with Crippen LogP contribution in [0.25, 0.3) is 0 Å². The highest BCUT2D eigenvalue weighted by atomic mass is 19.1. The van der Waals surface area contributed by atoms with E-state index >= 15 is 0 Å². The molecule has 2 amide bonds. The van der Waals surface area contributed by atoms with Gasteiger partial charge in [0.25, 0.3) is 0 Å². The average molecular weight is 254 g/mol. The van der Waals surface area contributed by atoms with Gasteiger partial charge < -0.3 is 15.0 Å². The van der Waals surface area contributed by atoms with Crippen molar-refractivity contribution in [1.29, 1.82) is 0 Å². The van der Waals surface area contributed by atoms with Crippen LogP contribution in [0.5, 0.6) is 0 Å². The number of anilines is 1. The van der Waals surface area contributed by atoms with E-state index in [1.807, 2.05) is 0 Å². The molecule has 98 valence electrons. The van der Waals surface area contributed by atoms with Crippen molar-refractivity contribution in [1.82, 2.24) is 4.90 Å². The van der Waals surface area contributed by atoms with Crippen molar-refractivity contribution < 1.29 is 18.7 Å². The van der Waals surface area contributed by atoms with Crippen LogP contribution in [-0.4, -0.2) is 37.1 Å². The molecule has 0 aliphatic carbocycles. The van der Waals surface area contributed by atoms with E-state index in [4.69, 9.17) is 0 Å². The predicted molar refractivity (Wildman–Crippen MR) is 64.7 cm³/mol. The molecule has 0 spiro atoms. The maximum atomic E-state index is 12.7. The third-order valence-corrected chi connectivity index (χ3v) is 2.31. The molecule has 0 radical (unpaired) electrons. The van der Waals surface area contributed by atoms with E-state index in [0.717, 1.165) is 0 Å².